The maximum Gasteiger partial charge on any atom is 0.471 e. The number of hydrogen-bond donors (Lipinski definition) is 0. The van der Waals surface area contributed by atoms with Gasteiger partial charge in [0.1, 0.15) is 12.2 Å². The lowest BCUT2D eigenvalue weighted by Crippen LogP contribution is -2.59. The van der Waals surface area contributed by atoms with E-state index in [1.54, 1.807) is 0 Å². The van der Waals surface area contributed by atoms with E-state index in [1.165, 1.54) is 13.0 Å². The van der Waals surface area contributed by atoms with Gasteiger partial charge < -0.3 is 9.64 Å². The smallest absolute Gasteiger partial charge is 0.361 e. The number of ether oxygens (including phenoxy) is 1. The lowest BCUT2D eigenvalue weighted by Gasteiger charge is -2.49. The second-order valence-corrected chi connectivity index (χ2v) is 7.83. The van der Waals surface area contributed by atoms with Crippen molar-refractivity contribution in [3.8, 4) is 12.3 Å². The Kier molecular flexibility index (Phi) is 4.38. The molecule has 1 fully saturated rings. The van der Waals surface area contributed by atoms with Crippen molar-refractivity contribution in [2.45, 2.75) is 43.6 Å². The summed E-state index contributed by atoms with van der Waals surface area (Å²) in [5.41, 5.74) is -0.598. The summed E-state index contributed by atoms with van der Waals surface area (Å²) < 4.78 is 44.8. The highest BCUT2D eigenvalue weighted by Gasteiger charge is 2.54. The molecule has 0 aromatic carbocycles. The summed E-state index contributed by atoms with van der Waals surface area (Å²) in [4.78, 5) is 25.0. The van der Waals surface area contributed by atoms with Crippen LogP contribution in [0.25, 0.3) is 0 Å². The molecule has 0 N–H and O–H groups in total. The molecule has 0 saturated carbocycles. The number of fused-ring (bicyclic) bond motifs is 2. The predicted molar refractivity (Wildman–Crippen MR) is 85.5 cm³/mol. The van der Waals surface area contributed by atoms with Gasteiger partial charge in [-0.3, -0.25) is 9.59 Å². The zero-order chi connectivity index (χ0) is 18.6. The van der Waals surface area contributed by atoms with E-state index in [-0.39, 0.29) is 25.2 Å². The van der Waals surface area contributed by atoms with Gasteiger partial charge >= 0.3 is 12.1 Å². The second kappa shape index (κ2) is 6.01. The minimum atomic E-state index is -5.01. The van der Waals surface area contributed by atoms with Gasteiger partial charge in [-0.05, 0) is 13.0 Å². The van der Waals surface area contributed by atoms with Gasteiger partial charge in [-0.15, -0.1) is 17.8 Å². The maximum absolute atomic E-state index is 12.9. The first-order chi connectivity index (χ1) is 11.6. The molecule has 0 bridgehead atoms. The lowest BCUT2D eigenvalue weighted by atomic mass is 9.78. The van der Waals surface area contributed by atoms with Crippen LogP contribution in [0.3, 0.4) is 0 Å². The van der Waals surface area contributed by atoms with E-state index in [0.29, 0.717) is 19.7 Å². The molecule has 1 amide bonds. The summed E-state index contributed by atoms with van der Waals surface area (Å²) >= 11 is 7.18. The number of rotatable bonds is 0. The molecular weight excluding hydrogens is 379 g/mol. The number of halogens is 4. The third-order valence-corrected chi connectivity index (χ3v) is 5.97. The van der Waals surface area contributed by atoms with Crippen LogP contribution in [0.4, 0.5) is 13.2 Å². The Morgan fingerprint density at radius 3 is 2.80 bits per heavy atom. The Morgan fingerprint density at radius 1 is 1.52 bits per heavy atom. The van der Waals surface area contributed by atoms with E-state index in [2.05, 4.69) is 5.92 Å². The summed E-state index contributed by atoms with van der Waals surface area (Å²) in [6.45, 7) is 1.29. The summed E-state index contributed by atoms with van der Waals surface area (Å²) in [5, 5.41) is 0. The third-order valence-electron chi connectivity index (χ3n) is 4.52. The van der Waals surface area contributed by atoms with Crippen molar-refractivity contribution in [3.05, 3.63) is 20.8 Å². The summed E-state index contributed by atoms with van der Waals surface area (Å²) in [6, 6.07) is -0.373. The summed E-state index contributed by atoms with van der Waals surface area (Å²) in [6.07, 6.45) is 0.498. The van der Waals surface area contributed by atoms with E-state index in [1.807, 2.05) is 0 Å². The Hall–Kier alpha value is -1.56. The zero-order valence-corrected chi connectivity index (χ0v) is 14.6. The maximum atomic E-state index is 12.9. The van der Waals surface area contributed by atoms with Crippen molar-refractivity contribution >= 4 is 34.6 Å². The number of amides is 1. The van der Waals surface area contributed by atoms with E-state index in [9.17, 15) is 22.8 Å². The molecule has 134 valence electrons. The number of hydrogen-bond acceptors (Lipinski definition) is 4. The average Bonchev–Trinajstić information content (AvgIpc) is 2.93. The van der Waals surface area contributed by atoms with E-state index in [4.69, 9.17) is 22.8 Å². The molecule has 1 aromatic rings. The molecule has 1 aromatic heterocycles. The summed E-state index contributed by atoms with van der Waals surface area (Å²) in [5.74, 6) is 0.0720. The highest BCUT2D eigenvalue weighted by atomic mass is 35.5. The molecule has 9 heteroatoms. The highest BCUT2D eigenvalue weighted by molar-refractivity contribution is 7.16. The molecule has 3 rings (SSSR count). The number of terminal acetylenes is 1. The highest BCUT2D eigenvalue weighted by Crippen LogP contribution is 2.49. The van der Waals surface area contributed by atoms with Crippen molar-refractivity contribution < 1.29 is 27.5 Å². The van der Waals surface area contributed by atoms with Crippen molar-refractivity contribution in [3.63, 3.8) is 0 Å². The first-order valence-electron chi connectivity index (χ1n) is 7.41. The van der Waals surface area contributed by atoms with E-state index < -0.39 is 29.8 Å². The second-order valence-electron chi connectivity index (χ2n) is 6.15. The molecule has 0 radical (unpaired) electrons. The molecule has 2 aliphatic heterocycles. The van der Waals surface area contributed by atoms with Gasteiger partial charge in [-0.2, -0.15) is 13.2 Å². The normalized spacial score (nSPS) is 29.4. The van der Waals surface area contributed by atoms with Crippen molar-refractivity contribution in [1.29, 1.82) is 0 Å². The minimum absolute atomic E-state index is 0.0210. The van der Waals surface area contributed by atoms with E-state index >= 15 is 0 Å². The van der Waals surface area contributed by atoms with Crippen LogP contribution in [0.5, 0.6) is 0 Å². The number of carbonyl (C=O) groups is 2. The molecule has 1 spiro atoms. The quantitative estimate of drug-likeness (QED) is 0.637. The SMILES string of the molecule is C#C[C@@H]1C[C@]2(C[C@H](C)N1C(=O)C(F)(F)F)OCC(=O)c1cc(Cl)sc12. The Bertz CT molecular complexity index is 785. The van der Waals surface area contributed by atoms with Crippen LogP contribution in [0, 0.1) is 12.3 Å². The van der Waals surface area contributed by atoms with Gasteiger partial charge in [0, 0.05) is 29.3 Å². The fraction of sp³-hybridized carbons (Fsp3) is 0.500. The number of likely N-dealkylation sites (tertiary alicyclic amines) is 1. The lowest BCUT2D eigenvalue weighted by molar-refractivity contribution is -0.197. The van der Waals surface area contributed by atoms with Crippen LogP contribution in [0.2, 0.25) is 4.34 Å². The van der Waals surface area contributed by atoms with Crippen LogP contribution < -0.4 is 0 Å². The van der Waals surface area contributed by atoms with Crippen LogP contribution in [-0.4, -0.2) is 41.5 Å². The monoisotopic (exact) mass is 391 g/mol. The van der Waals surface area contributed by atoms with Gasteiger partial charge in [0.15, 0.2) is 5.78 Å². The van der Waals surface area contributed by atoms with Crippen molar-refractivity contribution in [2.75, 3.05) is 6.61 Å². The first-order valence-corrected chi connectivity index (χ1v) is 8.61. The van der Waals surface area contributed by atoms with Gasteiger partial charge in [-0.25, -0.2) is 0 Å². The fourth-order valence-electron chi connectivity index (χ4n) is 3.56. The molecule has 2 aliphatic rings. The predicted octanol–water partition coefficient (Wildman–Crippen LogP) is 3.38. The van der Waals surface area contributed by atoms with Crippen LogP contribution in [0.15, 0.2) is 6.07 Å². The van der Waals surface area contributed by atoms with Gasteiger partial charge in [-0.1, -0.05) is 17.5 Å². The number of Topliss-reactive ketones (excluding diaryl/α,β-unsaturated/α-hetero) is 1. The number of nitrogens with zero attached hydrogens (tertiary/aromatic N) is 1. The number of alkyl halides is 3. The Balaban J connectivity index is 2.01. The molecule has 0 aliphatic carbocycles. The number of carbonyl (C=O) groups excluding carboxylic acids is 2. The first kappa shape index (κ1) is 18.2. The average molecular weight is 392 g/mol. The number of thiophene rings is 1. The Labute approximate surface area is 150 Å². The molecule has 25 heavy (non-hydrogen) atoms. The number of piperidine rings is 1. The molecule has 4 nitrogen and oxygen atoms in total. The van der Waals surface area contributed by atoms with Crippen LogP contribution in [0.1, 0.15) is 35.0 Å². The molecule has 3 heterocycles. The van der Waals surface area contributed by atoms with Crippen molar-refractivity contribution in [1.82, 2.24) is 4.90 Å². The van der Waals surface area contributed by atoms with Crippen molar-refractivity contribution in [2.24, 2.45) is 0 Å². The van der Waals surface area contributed by atoms with Gasteiger partial charge in [0.25, 0.3) is 0 Å². The van der Waals surface area contributed by atoms with Gasteiger partial charge in [0.2, 0.25) is 0 Å². The third kappa shape index (κ3) is 2.94. The standard InChI is InChI=1S/C16H13ClF3NO3S/c1-3-9-6-15(5-8(2)21(9)14(23)16(18,19)20)13-10(4-12(17)25-13)11(22)7-24-15/h1,4,8-9H,5-7H2,2H3/t8-,9+,15-/m0/s1. The molecule has 3 atom stereocenters. The number of ketones is 1. The topological polar surface area (TPSA) is 46.6 Å². The largest absolute Gasteiger partial charge is 0.471 e. The summed E-state index contributed by atoms with van der Waals surface area (Å²) in [7, 11) is 0. The molecular formula is C16H13ClF3NO3S. The van der Waals surface area contributed by atoms with E-state index in [0.717, 1.165) is 11.3 Å². The van der Waals surface area contributed by atoms with Gasteiger partial charge in [0.05, 0.1) is 10.4 Å². The molecule has 1 saturated heterocycles. The molecule has 0 unspecified atom stereocenters. The zero-order valence-electron chi connectivity index (χ0n) is 13.0. The van der Waals surface area contributed by atoms with Crippen LogP contribution >= 0.6 is 22.9 Å². The fourth-order valence-corrected chi connectivity index (χ4v) is 4.97. The van der Waals surface area contributed by atoms with Crippen LogP contribution in [-0.2, 0) is 15.1 Å². The minimum Gasteiger partial charge on any atom is -0.361 e. The Morgan fingerprint density at radius 2 is 2.20 bits per heavy atom.